The molecule has 0 radical (unpaired) electrons. The predicted octanol–water partition coefficient (Wildman–Crippen LogP) is 7.22. The monoisotopic (exact) mass is 563 g/mol. The molecule has 0 bridgehead atoms. The van der Waals surface area contributed by atoms with Gasteiger partial charge in [0.1, 0.15) is 11.0 Å². The van der Waals surface area contributed by atoms with E-state index in [9.17, 15) is 0 Å². The molecule has 0 fully saturated rings. The van der Waals surface area contributed by atoms with Gasteiger partial charge in [-0.05, 0) is 71.0 Å². The van der Waals surface area contributed by atoms with Gasteiger partial charge in [-0.1, -0.05) is 72.8 Å². The van der Waals surface area contributed by atoms with Crippen LogP contribution in [-0.2, 0) is 12.5 Å². The molecule has 0 atom stereocenters. The van der Waals surface area contributed by atoms with E-state index < -0.39 is 5.41 Å². The zero-order valence-electron chi connectivity index (χ0n) is 19.7. The molecule has 2 nitrogen and oxygen atoms in total. The summed E-state index contributed by atoms with van der Waals surface area (Å²) in [4.78, 5) is 0. The van der Waals surface area contributed by atoms with Gasteiger partial charge < -0.3 is 0 Å². The largest absolute Gasteiger partial charge is 0.291 e. The molecule has 0 spiro atoms. The molecule has 2 aromatic heterocycles. The number of halogens is 1. The zero-order valence-corrected chi connectivity index (χ0v) is 21.8. The van der Waals surface area contributed by atoms with Crippen molar-refractivity contribution in [2.24, 2.45) is 7.05 Å². The van der Waals surface area contributed by atoms with Crippen molar-refractivity contribution in [3.05, 3.63) is 141 Å². The van der Waals surface area contributed by atoms with Crippen LogP contribution in [-0.4, -0.2) is 4.57 Å². The Hall–Kier alpha value is -3.44. The van der Waals surface area contributed by atoms with Gasteiger partial charge in [0.2, 0.25) is 0 Å². The maximum absolute atomic E-state index is 2.52. The SMILES string of the molecule is Cc1c(I)ccc2c3cccc4c3n(c12)-c1c(ccc[n+]1C)C4(c1ccccc1)c1ccccc1. The van der Waals surface area contributed by atoms with Gasteiger partial charge in [-0.15, -0.1) is 0 Å². The average molecular weight is 563 g/mol. The van der Waals surface area contributed by atoms with Gasteiger partial charge in [0.25, 0.3) is 5.82 Å². The Morgan fingerprint density at radius 2 is 1.29 bits per heavy atom. The highest BCUT2D eigenvalue weighted by Crippen LogP contribution is 2.53. The van der Waals surface area contributed by atoms with E-state index in [1.54, 1.807) is 0 Å². The molecule has 35 heavy (non-hydrogen) atoms. The Labute approximate surface area is 218 Å². The first kappa shape index (κ1) is 20.9. The quantitative estimate of drug-likeness (QED) is 0.155. The maximum Gasteiger partial charge on any atom is 0.291 e. The zero-order chi connectivity index (χ0) is 23.7. The highest BCUT2D eigenvalue weighted by atomic mass is 127. The van der Waals surface area contributed by atoms with Crippen LogP contribution >= 0.6 is 22.6 Å². The minimum Gasteiger partial charge on any atom is -0.236 e. The number of fused-ring (bicyclic) bond motifs is 5. The number of pyridine rings is 1. The van der Waals surface area contributed by atoms with Crippen LogP contribution in [0.4, 0.5) is 0 Å². The molecule has 4 aromatic carbocycles. The van der Waals surface area contributed by atoms with Crippen LogP contribution < -0.4 is 4.57 Å². The minimum absolute atomic E-state index is 0.429. The van der Waals surface area contributed by atoms with E-state index in [1.165, 1.54) is 59.0 Å². The molecule has 7 rings (SSSR count). The molecule has 0 N–H and O–H groups in total. The molecule has 1 aliphatic rings. The van der Waals surface area contributed by atoms with Crippen molar-refractivity contribution in [2.45, 2.75) is 12.3 Å². The average Bonchev–Trinajstić information content (AvgIpc) is 3.24. The number of aromatic nitrogens is 2. The molecule has 6 aromatic rings. The van der Waals surface area contributed by atoms with Gasteiger partial charge in [-0.2, -0.15) is 4.57 Å². The smallest absolute Gasteiger partial charge is 0.236 e. The molecule has 3 heteroatoms. The first-order chi connectivity index (χ1) is 17.1. The van der Waals surface area contributed by atoms with E-state index in [0.29, 0.717) is 0 Å². The van der Waals surface area contributed by atoms with Crippen LogP contribution in [0.3, 0.4) is 0 Å². The molecule has 0 aliphatic carbocycles. The van der Waals surface area contributed by atoms with Gasteiger partial charge in [0.15, 0.2) is 0 Å². The van der Waals surface area contributed by atoms with Crippen LogP contribution in [0, 0.1) is 10.5 Å². The summed E-state index contributed by atoms with van der Waals surface area (Å²) in [5.74, 6) is 1.23. The highest BCUT2D eigenvalue weighted by molar-refractivity contribution is 14.1. The van der Waals surface area contributed by atoms with Gasteiger partial charge in [0, 0.05) is 25.5 Å². The molecule has 0 amide bonds. The molecule has 0 saturated carbocycles. The maximum atomic E-state index is 2.52. The number of aryl methyl sites for hydroxylation is 2. The van der Waals surface area contributed by atoms with Gasteiger partial charge in [-0.25, -0.2) is 4.57 Å². The molecule has 0 saturated heterocycles. The van der Waals surface area contributed by atoms with E-state index in [-0.39, 0.29) is 0 Å². The predicted molar refractivity (Wildman–Crippen MR) is 151 cm³/mol. The number of rotatable bonds is 2. The fraction of sp³-hybridized carbons (Fsp3) is 0.0938. The second kappa shape index (κ2) is 7.53. The number of hydrogen-bond donors (Lipinski definition) is 0. The van der Waals surface area contributed by atoms with Gasteiger partial charge in [0.05, 0.1) is 24.2 Å². The first-order valence-corrected chi connectivity index (χ1v) is 13.0. The summed E-state index contributed by atoms with van der Waals surface area (Å²) in [6, 6.07) is 38.0. The lowest BCUT2D eigenvalue weighted by Crippen LogP contribution is -2.43. The third kappa shape index (κ3) is 2.62. The van der Waals surface area contributed by atoms with Crippen molar-refractivity contribution in [2.75, 3.05) is 0 Å². The van der Waals surface area contributed by atoms with E-state index >= 15 is 0 Å². The topological polar surface area (TPSA) is 8.81 Å². The molecule has 3 heterocycles. The number of para-hydroxylation sites is 1. The lowest BCUT2D eigenvalue weighted by Gasteiger charge is -2.39. The molecular weight excluding hydrogens is 539 g/mol. The van der Waals surface area contributed by atoms with Crippen molar-refractivity contribution in [1.82, 2.24) is 4.57 Å². The third-order valence-corrected chi connectivity index (χ3v) is 8.89. The third-order valence-electron chi connectivity index (χ3n) is 7.72. The fourth-order valence-corrected chi connectivity index (χ4v) is 6.73. The van der Waals surface area contributed by atoms with Crippen molar-refractivity contribution in [1.29, 1.82) is 0 Å². The summed E-state index contributed by atoms with van der Waals surface area (Å²) in [5, 5.41) is 2.62. The Bertz CT molecular complexity index is 1730. The van der Waals surface area contributed by atoms with Crippen LogP contribution in [0.2, 0.25) is 0 Å². The van der Waals surface area contributed by atoms with Crippen LogP contribution in [0.25, 0.3) is 27.6 Å². The van der Waals surface area contributed by atoms with Crippen LogP contribution in [0.5, 0.6) is 0 Å². The van der Waals surface area contributed by atoms with Crippen LogP contribution in [0.1, 0.15) is 27.8 Å². The summed E-state index contributed by atoms with van der Waals surface area (Å²) in [6.45, 7) is 2.25. The van der Waals surface area contributed by atoms with E-state index in [0.717, 1.165) is 0 Å². The molecule has 1 aliphatic heterocycles. The van der Waals surface area contributed by atoms with Crippen LogP contribution in [0.15, 0.2) is 109 Å². The molecule has 0 unspecified atom stereocenters. The standard InChI is InChI=1S/C32H24IN2/c1-21-28(33)19-18-25-24-15-9-16-26-30(24)35(29(21)25)31-27(17-10-20-34(31)2)32(26,22-11-5-3-6-12-22)23-13-7-4-8-14-23/h3-20H,1-2H3/q+1. The summed E-state index contributed by atoms with van der Waals surface area (Å²) >= 11 is 2.47. The highest BCUT2D eigenvalue weighted by Gasteiger charge is 2.49. The first-order valence-electron chi connectivity index (χ1n) is 12.0. The van der Waals surface area contributed by atoms with E-state index in [1.807, 2.05) is 0 Å². The van der Waals surface area contributed by atoms with Crippen molar-refractivity contribution < 1.29 is 4.57 Å². The summed E-state index contributed by atoms with van der Waals surface area (Å²) in [5.41, 5.74) is 8.70. The lowest BCUT2D eigenvalue weighted by atomic mass is 9.63. The second-order valence-electron chi connectivity index (χ2n) is 9.44. The summed E-state index contributed by atoms with van der Waals surface area (Å²) in [6.07, 6.45) is 2.18. The Morgan fingerprint density at radius 1 is 0.657 bits per heavy atom. The second-order valence-corrected chi connectivity index (χ2v) is 10.6. The summed E-state index contributed by atoms with van der Waals surface area (Å²) < 4.78 is 6.11. The van der Waals surface area contributed by atoms with E-state index in [2.05, 4.69) is 155 Å². The summed E-state index contributed by atoms with van der Waals surface area (Å²) in [7, 11) is 2.18. The van der Waals surface area contributed by atoms with Crippen molar-refractivity contribution in [3.63, 3.8) is 0 Å². The van der Waals surface area contributed by atoms with Gasteiger partial charge in [-0.3, -0.25) is 0 Å². The Morgan fingerprint density at radius 3 is 1.97 bits per heavy atom. The Kier molecular flexibility index (Phi) is 4.49. The normalized spacial score (nSPS) is 13.8. The Balaban J connectivity index is 1.82. The lowest BCUT2D eigenvalue weighted by molar-refractivity contribution is -0.666. The number of benzene rings is 4. The minimum atomic E-state index is -0.429. The fourth-order valence-electron chi connectivity index (χ4n) is 6.29. The van der Waals surface area contributed by atoms with Crippen molar-refractivity contribution in [3.8, 4) is 5.82 Å². The molecule has 168 valence electrons. The number of hydrogen-bond acceptors (Lipinski definition) is 0. The van der Waals surface area contributed by atoms with Crippen molar-refractivity contribution >= 4 is 44.4 Å². The van der Waals surface area contributed by atoms with Gasteiger partial charge >= 0.3 is 0 Å². The molecular formula is C32H24IN2+. The van der Waals surface area contributed by atoms with E-state index in [4.69, 9.17) is 0 Å². The number of nitrogens with zero attached hydrogens (tertiary/aromatic N) is 2.